The van der Waals surface area contributed by atoms with Crippen LogP contribution in [0.15, 0.2) is 102 Å². The summed E-state index contributed by atoms with van der Waals surface area (Å²) in [6.07, 6.45) is 3.57. The van der Waals surface area contributed by atoms with Crippen LogP contribution in [0.25, 0.3) is 11.3 Å². The summed E-state index contributed by atoms with van der Waals surface area (Å²) >= 11 is 0. The Labute approximate surface area is 181 Å². The monoisotopic (exact) mass is 409 g/mol. The molecule has 1 heterocycles. The number of rotatable bonds is 8. The molecule has 0 aliphatic heterocycles. The van der Waals surface area contributed by atoms with Gasteiger partial charge in [-0.15, -0.1) is 0 Å². The van der Waals surface area contributed by atoms with Crippen LogP contribution in [0, 0.1) is 0 Å². The van der Waals surface area contributed by atoms with E-state index in [1.165, 1.54) is 0 Å². The van der Waals surface area contributed by atoms with Crippen molar-refractivity contribution in [2.75, 3.05) is 11.9 Å². The van der Waals surface area contributed by atoms with E-state index in [1.54, 1.807) is 6.21 Å². The molecule has 0 unspecified atom stereocenters. The van der Waals surface area contributed by atoms with Crippen LogP contribution in [0.2, 0.25) is 0 Å². The van der Waals surface area contributed by atoms with Gasteiger partial charge in [-0.3, -0.25) is 9.48 Å². The van der Waals surface area contributed by atoms with Gasteiger partial charge in [0.05, 0.1) is 19.3 Å². The molecule has 0 fully saturated rings. The van der Waals surface area contributed by atoms with E-state index >= 15 is 0 Å². The van der Waals surface area contributed by atoms with Crippen molar-refractivity contribution in [3.8, 4) is 11.3 Å². The van der Waals surface area contributed by atoms with E-state index in [9.17, 15) is 4.79 Å². The lowest BCUT2D eigenvalue weighted by Gasteiger charge is -2.04. The van der Waals surface area contributed by atoms with Gasteiger partial charge in [-0.1, -0.05) is 78.9 Å². The van der Waals surface area contributed by atoms with Crippen molar-refractivity contribution in [2.24, 2.45) is 5.10 Å². The first-order valence-corrected chi connectivity index (χ1v) is 10.1. The largest absolute Gasteiger partial charge is 0.376 e. The summed E-state index contributed by atoms with van der Waals surface area (Å²) in [6.45, 7) is 0.794. The molecular weight excluding hydrogens is 386 g/mol. The third kappa shape index (κ3) is 5.67. The Bertz CT molecular complexity index is 1140. The lowest BCUT2D eigenvalue weighted by atomic mass is 10.1. The summed E-state index contributed by atoms with van der Waals surface area (Å²) in [5, 5.41) is 12.0. The first kappa shape index (κ1) is 20.1. The fraction of sp³-hybridized carbons (Fsp3) is 0.0800. The number of anilines is 1. The molecule has 31 heavy (non-hydrogen) atoms. The molecule has 4 rings (SSSR count). The zero-order chi connectivity index (χ0) is 21.3. The summed E-state index contributed by atoms with van der Waals surface area (Å²) in [7, 11) is 0. The van der Waals surface area contributed by atoms with Gasteiger partial charge in [0.2, 0.25) is 0 Å². The quantitative estimate of drug-likeness (QED) is 0.339. The Morgan fingerprint density at radius 3 is 2.26 bits per heavy atom. The molecule has 0 atom stereocenters. The fourth-order valence-corrected chi connectivity index (χ4v) is 3.15. The maximum absolute atomic E-state index is 12.1. The van der Waals surface area contributed by atoms with E-state index in [0.29, 0.717) is 6.54 Å². The second-order valence-electron chi connectivity index (χ2n) is 7.00. The van der Waals surface area contributed by atoms with Crippen LogP contribution in [0.3, 0.4) is 0 Å². The van der Waals surface area contributed by atoms with Gasteiger partial charge < -0.3 is 5.32 Å². The number of carbonyl (C=O) groups is 1. The van der Waals surface area contributed by atoms with Crippen LogP contribution in [0.5, 0.6) is 0 Å². The molecule has 1 aromatic heterocycles. The standard InChI is InChI=1S/C25H23N5O/c31-24(17-26-23-14-8-3-9-15-23)28-27-16-22-19-30(18-20-10-4-1-5-11-20)29-25(22)21-12-6-2-7-13-21/h1-16,19,26H,17-18H2,(H,28,31)/b27-16-. The molecule has 6 nitrogen and oxygen atoms in total. The summed E-state index contributed by atoms with van der Waals surface area (Å²) in [5.41, 5.74) is 7.26. The van der Waals surface area contributed by atoms with Gasteiger partial charge >= 0.3 is 0 Å². The minimum atomic E-state index is -0.224. The maximum Gasteiger partial charge on any atom is 0.259 e. The molecule has 6 heteroatoms. The number of amides is 1. The normalized spacial score (nSPS) is 10.8. The van der Waals surface area contributed by atoms with Crippen LogP contribution in [0.1, 0.15) is 11.1 Å². The summed E-state index contributed by atoms with van der Waals surface area (Å²) < 4.78 is 1.89. The third-order valence-corrected chi connectivity index (χ3v) is 4.64. The highest BCUT2D eigenvalue weighted by Gasteiger charge is 2.10. The van der Waals surface area contributed by atoms with Crippen molar-refractivity contribution in [1.82, 2.24) is 15.2 Å². The molecule has 0 aliphatic rings. The Kier molecular flexibility index (Phi) is 6.50. The molecule has 0 spiro atoms. The Hall–Kier alpha value is -4.19. The molecule has 0 saturated carbocycles. The maximum atomic E-state index is 12.1. The number of hydrogen-bond donors (Lipinski definition) is 2. The fourth-order valence-electron chi connectivity index (χ4n) is 3.15. The third-order valence-electron chi connectivity index (χ3n) is 4.64. The molecule has 4 aromatic rings. The molecule has 154 valence electrons. The zero-order valence-electron chi connectivity index (χ0n) is 17.0. The van der Waals surface area contributed by atoms with Crippen molar-refractivity contribution in [2.45, 2.75) is 6.54 Å². The number of hydrazone groups is 1. The zero-order valence-corrected chi connectivity index (χ0v) is 17.0. The van der Waals surface area contributed by atoms with Crippen molar-refractivity contribution >= 4 is 17.8 Å². The molecule has 1 amide bonds. The van der Waals surface area contributed by atoms with Gasteiger partial charge in [-0.25, -0.2) is 5.43 Å². The van der Waals surface area contributed by atoms with Crippen LogP contribution in [0.4, 0.5) is 5.69 Å². The van der Waals surface area contributed by atoms with Crippen molar-refractivity contribution in [1.29, 1.82) is 0 Å². The highest BCUT2D eigenvalue weighted by molar-refractivity contribution is 5.89. The van der Waals surface area contributed by atoms with Crippen LogP contribution >= 0.6 is 0 Å². The van der Waals surface area contributed by atoms with E-state index in [0.717, 1.165) is 28.1 Å². The van der Waals surface area contributed by atoms with Gasteiger partial charge in [0.25, 0.3) is 5.91 Å². The van der Waals surface area contributed by atoms with Gasteiger partial charge in [0.1, 0.15) is 5.69 Å². The lowest BCUT2D eigenvalue weighted by Crippen LogP contribution is -2.25. The Morgan fingerprint density at radius 2 is 1.55 bits per heavy atom. The van der Waals surface area contributed by atoms with E-state index in [4.69, 9.17) is 5.10 Å². The topological polar surface area (TPSA) is 71.3 Å². The van der Waals surface area contributed by atoms with Gasteiger partial charge in [0, 0.05) is 23.0 Å². The highest BCUT2D eigenvalue weighted by Crippen LogP contribution is 2.21. The van der Waals surface area contributed by atoms with E-state index in [1.807, 2.05) is 89.7 Å². The first-order chi connectivity index (χ1) is 15.3. The number of hydrogen-bond acceptors (Lipinski definition) is 4. The Balaban J connectivity index is 1.46. The Morgan fingerprint density at radius 1 is 0.903 bits per heavy atom. The smallest absolute Gasteiger partial charge is 0.259 e. The second-order valence-corrected chi connectivity index (χ2v) is 7.00. The van der Waals surface area contributed by atoms with E-state index in [2.05, 4.69) is 28.0 Å². The van der Waals surface area contributed by atoms with Crippen molar-refractivity contribution in [3.05, 3.63) is 108 Å². The number of benzene rings is 3. The van der Waals surface area contributed by atoms with E-state index < -0.39 is 0 Å². The first-order valence-electron chi connectivity index (χ1n) is 10.1. The molecule has 2 N–H and O–H groups in total. The number of carbonyl (C=O) groups excluding carboxylic acids is 1. The SMILES string of the molecule is O=C(CNc1ccccc1)N/N=C\c1cn(Cc2ccccc2)nc1-c1ccccc1. The van der Waals surface area contributed by atoms with Gasteiger partial charge in [-0.2, -0.15) is 10.2 Å². The minimum absolute atomic E-state index is 0.139. The number of para-hydroxylation sites is 1. The van der Waals surface area contributed by atoms with Gasteiger partial charge in [-0.05, 0) is 17.7 Å². The molecular formula is C25H23N5O. The molecule has 3 aromatic carbocycles. The molecule has 0 radical (unpaired) electrons. The highest BCUT2D eigenvalue weighted by atomic mass is 16.2. The summed E-state index contributed by atoms with van der Waals surface area (Å²) in [6, 6.07) is 29.7. The van der Waals surface area contributed by atoms with Gasteiger partial charge in [0.15, 0.2) is 0 Å². The molecule has 0 aliphatic carbocycles. The van der Waals surface area contributed by atoms with Crippen LogP contribution < -0.4 is 10.7 Å². The predicted octanol–water partition coefficient (Wildman–Crippen LogP) is 4.16. The second kappa shape index (κ2) is 10.0. The number of nitrogens with one attached hydrogen (secondary N) is 2. The summed E-state index contributed by atoms with van der Waals surface area (Å²) in [4.78, 5) is 12.1. The number of nitrogens with zero attached hydrogens (tertiary/aromatic N) is 3. The molecule has 0 bridgehead atoms. The minimum Gasteiger partial charge on any atom is -0.376 e. The van der Waals surface area contributed by atoms with Crippen LogP contribution in [-0.4, -0.2) is 28.4 Å². The van der Waals surface area contributed by atoms with Crippen LogP contribution in [-0.2, 0) is 11.3 Å². The lowest BCUT2D eigenvalue weighted by molar-refractivity contribution is -0.119. The van der Waals surface area contributed by atoms with Crippen molar-refractivity contribution < 1.29 is 4.79 Å². The number of aromatic nitrogens is 2. The molecule has 0 saturated heterocycles. The average Bonchev–Trinajstić information content (AvgIpc) is 3.22. The predicted molar refractivity (Wildman–Crippen MR) is 124 cm³/mol. The van der Waals surface area contributed by atoms with Crippen molar-refractivity contribution in [3.63, 3.8) is 0 Å². The van der Waals surface area contributed by atoms with E-state index in [-0.39, 0.29) is 12.5 Å². The average molecular weight is 409 g/mol. The summed E-state index contributed by atoms with van der Waals surface area (Å²) in [5.74, 6) is -0.224.